The minimum Gasteiger partial charge on any atom is -0.294 e. The van der Waals surface area contributed by atoms with Crippen LogP contribution >= 0.6 is 11.6 Å². The lowest BCUT2D eigenvalue weighted by Gasteiger charge is -2.49. The zero-order valence-corrected chi connectivity index (χ0v) is 10.8. The molecule has 1 saturated heterocycles. The van der Waals surface area contributed by atoms with Crippen LogP contribution in [0.2, 0.25) is 0 Å². The van der Waals surface area contributed by atoms with Crippen molar-refractivity contribution in [2.45, 2.75) is 62.4 Å². The van der Waals surface area contributed by atoms with Gasteiger partial charge in [-0.3, -0.25) is 4.90 Å². The molecule has 0 radical (unpaired) electrons. The van der Waals surface area contributed by atoms with Gasteiger partial charge in [0.2, 0.25) is 0 Å². The van der Waals surface area contributed by atoms with Crippen LogP contribution in [0.4, 0.5) is 0 Å². The molecule has 2 heteroatoms. The quantitative estimate of drug-likeness (QED) is 0.454. The standard InChI is InChI=1S/C13H22ClN/c1-9-7-12(14)6-4-5-11(8-12)13(9)10(2)15(13)3/h9-11H,4-8H2,1-3H3/t9-,10?,11?,12?,13?,15?/m1/s1. The van der Waals surface area contributed by atoms with Gasteiger partial charge in [0.25, 0.3) is 0 Å². The summed E-state index contributed by atoms with van der Waals surface area (Å²) in [6.45, 7) is 4.82. The van der Waals surface area contributed by atoms with Gasteiger partial charge < -0.3 is 0 Å². The molecule has 1 aliphatic heterocycles. The zero-order valence-electron chi connectivity index (χ0n) is 10.1. The van der Waals surface area contributed by atoms with Crippen LogP contribution in [0.1, 0.15) is 46.0 Å². The summed E-state index contributed by atoms with van der Waals surface area (Å²) in [6.07, 6.45) is 6.52. The molecule has 0 N–H and O–H groups in total. The minimum atomic E-state index is 0.163. The van der Waals surface area contributed by atoms with Gasteiger partial charge in [0, 0.05) is 16.5 Å². The maximum Gasteiger partial charge on any atom is 0.0453 e. The second-order valence-electron chi connectivity index (χ2n) is 6.22. The number of halogens is 1. The highest BCUT2D eigenvalue weighted by Crippen LogP contribution is 2.63. The van der Waals surface area contributed by atoms with Crippen molar-refractivity contribution < 1.29 is 0 Å². The molecular formula is C13H22ClN. The van der Waals surface area contributed by atoms with Gasteiger partial charge in [-0.05, 0) is 51.5 Å². The molecule has 15 heavy (non-hydrogen) atoms. The highest BCUT2D eigenvalue weighted by Gasteiger charge is 2.68. The third-order valence-corrected chi connectivity index (χ3v) is 6.20. The van der Waals surface area contributed by atoms with Gasteiger partial charge in [0.1, 0.15) is 0 Å². The van der Waals surface area contributed by atoms with E-state index in [1.54, 1.807) is 0 Å². The van der Waals surface area contributed by atoms with Crippen LogP contribution < -0.4 is 0 Å². The van der Waals surface area contributed by atoms with Gasteiger partial charge in [0.15, 0.2) is 0 Å². The normalized spacial score (nSPS) is 63.2. The van der Waals surface area contributed by atoms with Crippen molar-refractivity contribution in [2.24, 2.45) is 11.8 Å². The predicted octanol–water partition coefficient (Wildman–Crippen LogP) is 3.27. The molecular weight excluding hydrogens is 206 g/mol. The van der Waals surface area contributed by atoms with Crippen LogP contribution in [0, 0.1) is 11.8 Å². The Kier molecular flexibility index (Phi) is 2.03. The van der Waals surface area contributed by atoms with Gasteiger partial charge in [-0.1, -0.05) is 13.3 Å². The van der Waals surface area contributed by atoms with Crippen molar-refractivity contribution in [1.82, 2.24) is 4.90 Å². The second kappa shape index (κ2) is 2.92. The minimum absolute atomic E-state index is 0.163. The van der Waals surface area contributed by atoms with Crippen molar-refractivity contribution in [3.05, 3.63) is 0 Å². The van der Waals surface area contributed by atoms with E-state index in [0.717, 1.165) is 17.9 Å². The maximum atomic E-state index is 6.73. The van der Waals surface area contributed by atoms with Crippen LogP contribution in [0.15, 0.2) is 0 Å². The number of fused-ring (bicyclic) bond motifs is 3. The molecule has 0 aromatic rings. The van der Waals surface area contributed by atoms with Crippen LogP contribution in [-0.2, 0) is 0 Å². The molecule has 2 aliphatic carbocycles. The molecule has 5 unspecified atom stereocenters. The van der Waals surface area contributed by atoms with Gasteiger partial charge >= 0.3 is 0 Å². The van der Waals surface area contributed by atoms with E-state index in [2.05, 4.69) is 25.8 Å². The Bertz CT molecular complexity index is 278. The Balaban J connectivity index is 1.93. The van der Waals surface area contributed by atoms with E-state index in [1.165, 1.54) is 32.1 Å². The Labute approximate surface area is 98.2 Å². The monoisotopic (exact) mass is 227 g/mol. The van der Waals surface area contributed by atoms with Crippen molar-refractivity contribution in [3.63, 3.8) is 0 Å². The van der Waals surface area contributed by atoms with Crippen molar-refractivity contribution >= 4 is 11.6 Å². The van der Waals surface area contributed by atoms with Crippen LogP contribution in [0.3, 0.4) is 0 Å². The SMILES string of the molecule is CC1N(C)C12C1CCCC(Cl)(C1)C[C@H]2C. The summed E-state index contributed by atoms with van der Waals surface area (Å²) in [7, 11) is 2.30. The molecule has 3 rings (SSSR count). The number of alkyl halides is 1. The van der Waals surface area contributed by atoms with E-state index in [1.807, 2.05) is 0 Å². The van der Waals surface area contributed by atoms with Crippen molar-refractivity contribution in [2.75, 3.05) is 7.05 Å². The van der Waals surface area contributed by atoms with Crippen molar-refractivity contribution in [3.8, 4) is 0 Å². The van der Waals surface area contributed by atoms with Gasteiger partial charge in [-0.2, -0.15) is 0 Å². The molecule has 0 aromatic heterocycles. The molecule has 6 atom stereocenters. The maximum absolute atomic E-state index is 6.73. The van der Waals surface area contributed by atoms with Crippen molar-refractivity contribution in [1.29, 1.82) is 0 Å². The van der Waals surface area contributed by atoms with E-state index in [9.17, 15) is 0 Å². The molecule has 0 aromatic carbocycles. The summed E-state index contributed by atoms with van der Waals surface area (Å²) in [5.41, 5.74) is 0.527. The fraction of sp³-hybridized carbons (Fsp3) is 1.00. The van der Waals surface area contributed by atoms with Crippen LogP contribution in [0.5, 0.6) is 0 Å². The Morgan fingerprint density at radius 2 is 1.93 bits per heavy atom. The molecule has 2 bridgehead atoms. The lowest BCUT2D eigenvalue weighted by Crippen LogP contribution is -2.50. The Morgan fingerprint density at radius 3 is 2.53 bits per heavy atom. The number of likely N-dealkylation sites (N-methyl/N-ethyl adjacent to an activating group) is 1. The van der Waals surface area contributed by atoms with E-state index < -0.39 is 0 Å². The summed E-state index contributed by atoms with van der Waals surface area (Å²) < 4.78 is 0. The second-order valence-corrected chi connectivity index (χ2v) is 7.03. The first-order valence-corrected chi connectivity index (χ1v) is 6.80. The number of hydrogen-bond acceptors (Lipinski definition) is 1. The van der Waals surface area contributed by atoms with Crippen LogP contribution in [-0.4, -0.2) is 28.4 Å². The highest BCUT2D eigenvalue weighted by molar-refractivity contribution is 6.24. The predicted molar refractivity (Wildman–Crippen MR) is 64.3 cm³/mol. The number of rotatable bonds is 0. The summed E-state index contributed by atoms with van der Waals surface area (Å²) >= 11 is 6.73. The third kappa shape index (κ3) is 1.14. The number of nitrogens with zero attached hydrogens (tertiary/aromatic N) is 1. The first-order chi connectivity index (χ1) is 7.01. The first-order valence-electron chi connectivity index (χ1n) is 6.42. The van der Waals surface area contributed by atoms with E-state index in [4.69, 9.17) is 11.6 Å². The average Bonchev–Trinajstić information content (AvgIpc) is 2.68. The fourth-order valence-corrected chi connectivity index (χ4v) is 5.58. The molecule has 3 fully saturated rings. The van der Waals surface area contributed by atoms with E-state index in [0.29, 0.717) is 5.54 Å². The molecule has 1 heterocycles. The molecule has 1 nitrogen and oxygen atoms in total. The number of hydrogen-bond donors (Lipinski definition) is 0. The zero-order chi connectivity index (χ0) is 10.8. The molecule has 2 saturated carbocycles. The Morgan fingerprint density at radius 1 is 1.27 bits per heavy atom. The lowest BCUT2D eigenvalue weighted by molar-refractivity contribution is 0.0874. The van der Waals surface area contributed by atoms with Gasteiger partial charge in [-0.15, -0.1) is 11.6 Å². The van der Waals surface area contributed by atoms with E-state index in [-0.39, 0.29) is 4.87 Å². The molecule has 3 aliphatic rings. The van der Waals surface area contributed by atoms with Gasteiger partial charge in [0.05, 0.1) is 0 Å². The first kappa shape index (κ1) is 10.4. The average molecular weight is 228 g/mol. The summed E-state index contributed by atoms with van der Waals surface area (Å²) in [4.78, 5) is 2.76. The van der Waals surface area contributed by atoms with Crippen LogP contribution in [0.25, 0.3) is 0 Å². The largest absolute Gasteiger partial charge is 0.294 e. The van der Waals surface area contributed by atoms with Gasteiger partial charge in [-0.25, -0.2) is 0 Å². The molecule has 0 amide bonds. The summed E-state index contributed by atoms with van der Waals surface area (Å²) in [5.74, 6) is 1.65. The van der Waals surface area contributed by atoms with E-state index >= 15 is 0 Å². The molecule has 86 valence electrons. The molecule has 1 spiro atoms. The lowest BCUT2D eigenvalue weighted by atomic mass is 9.60. The third-order valence-electron chi connectivity index (χ3n) is 5.70. The summed E-state index contributed by atoms with van der Waals surface area (Å²) in [6, 6.07) is 0.789. The highest BCUT2D eigenvalue weighted by atomic mass is 35.5. The topological polar surface area (TPSA) is 3.01 Å². The Hall–Kier alpha value is 0.250. The summed E-state index contributed by atoms with van der Waals surface area (Å²) in [5, 5.41) is 0. The smallest absolute Gasteiger partial charge is 0.0453 e. The fourth-order valence-electron chi connectivity index (χ4n) is 5.03.